The monoisotopic (exact) mass is 167 g/mol. The Bertz CT molecular complexity index is 6.85. The Morgan fingerprint density at radius 2 is 1.20 bits per heavy atom. The van der Waals surface area contributed by atoms with Crippen LogP contribution in [0.15, 0.2) is 0 Å². The van der Waals surface area contributed by atoms with E-state index in [4.69, 9.17) is 23.2 Å². The summed E-state index contributed by atoms with van der Waals surface area (Å²) in [5.74, 6) is 0. The maximum absolute atomic E-state index is 4.76. The van der Waals surface area contributed by atoms with Gasteiger partial charge in [0.2, 0.25) is 0 Å². The first-order valence-electron chi connectivity index (χ1n) is 0.535. The Morgan fingerprint density at radius 1 is 1.20 bits per heavy atom. The van der Waals surface area contributed by atoms with Crippen LogP contribution in [0.3, 0.4) is 0 Å². The Hall–Kier alpha value is 1.58. The first kappa shape index (κ1) is 16.0. The topological polar surface area (TPSA) is 0 Å². The summed E-state index contributed by atoms with van der Waals surface area (Å²) in [6, 6.07) is 0. The maximum atomic E-state index is 4.76. The van der Waals surface area contributed by atoms with E-state index < -0.39 is 0 Å². The van der Waals surface area contributed by atoms with Crippen LogP contribution in [-0.2, 0) is 21.7 Å². The molecular weight excluding hydrogens is 166 g/mol. The van der Waals surface area contributed by atoms with Crippen LogP contribution in [0.5, 0.6) is 0 Å². The van der Waals surface area contributed by atoms with Crippen LogP contribution >= 0.6 is 23.2 Å². The van der Waals surface area contributed by atoms with Gasteiger partial charge in [-0.2, -0.15) is 0 Å². The molecule has 0 N–H and O–H groups in total. The molecule has 0 aliphatic rings. The molecule has 0 saturated heterocycles. The molecule has 0 aromatic rings. The molecule has 0 unspecified atom stereocenters. The summed E-state index contributed by atoms with van der Waals surface area (Å²) in [5, 5.41) is 0.194. The van der Waals surface area contributed by atoms with Gasteiger partial charge in [0.05, 0.1) is 5.34 Å². The van der Waals surface area contributed by atoms with Crippen LogP contribution in [0.25, 0.3) is 0 Å². The standard InChI is InChI=1S/CH2Cl2.ClH.Ti/c2-1-3;;/h1H2;1H;/q;;+4/p-1. The fraction of sp³-hybridized carbons (Fsp3) is 1.00. The summed E-state index contributed by atoms with van der Waals surface area (Å²) in [4.78, 5) is 0. The number of rotatable bonds is 0. The van der Waals surface area contributed by atoms with Crippen molar-refractivity contribution in [1.29, 1.82) is 0 Å². The summed E-state index contributed by atoms with van der Waals surface area (Å²) in [6.45, 7) is 0. The first-order chi connectivity index (χ1) is 1.41. The van der Waals surface area contributed by atoms with Crippen molar-refractivity contribution in [2.24, 2.45) is 0 Å². The van der Waals surface area contributed by atoms with Gasteiger partial charge >= 0.3 is 21.7 Å². The van der Waals surface area contributed by atoms with Crippen LogP contribution in [0.4, 0.5) is 0 Å². The van der Waals surface area contributed by atoms with E-state index in [1.807, 2.05) is 0 Å². The molecule has 0 saturated carbocycles. The predicted octanol–water partition coefficient (Wildman–Crippen LogP) is -1.58. The number of hydrogen-bond donors (Lipinski definition) is 0. The first-order valence-corrected chi connectivity index (χ1v) is 1.60. The van der Waals surface area contributed by atoms with E-state index in [0.717, 1.165) is 0 Å². The second kappa shape index (κ2) is 17.6. The van der Waals surface area contributed by atoms with E-state index in [2.05, 4.69) is 0 Å². The second-order valence-corrected chi connectivity index (χ2v) is 0.909. The average molecular weight is 168 g/mol. The zero-order valence-electron chi connectivity index (χ0n) is 2.34. The van der Waals surface area contributed by atoms with E-state index in [1.54, 1.807) is 0 Å². The van der Waals surface area contributed by atoms with Gasteiger partial charge in [-0.25, -0.2) is 0 Å². The number of alkyl halides is 2. The van der Waals surface area contributed by atoms with Crippen molar-refractivity contribution in [3.8, 4) is 0 Å². The quantitative estimate of drug-likeness (QED) is 0.303. The van der Waals surface area contributed by atoms with Crippen LogP contribution in [-0.4, -0.2) is 5.34 Å². The Morgan fingerprint density at radius 3 is 1.20 bits per heavy atom. The molecule has 0 radical (unpaired) electrons. The molecule has 0 aromatic carbocycles. The van der Waals surface area contributed by atoms with E-state index in [0.29, 0.717) is 0 Å². The minimum absolute atomic E-state index is 0. The van der Waals surface area contributed by atoms with Crippen molar-refractivity contribution in [3.05, 3.63) is 0 Å². The molecule has 0 heterocycles. The third-order valence-corrected chi connectivity index (χ3v) is 0. The van der Waals surface area contributed by atoms with Crippen LogP contribution in [0, 0.1) is 0 Å². The predicted molar refractivity (Wildman–Crippen MR) is 16.6 cm³/mol. The van der Waals surface area contributed by atoms with Crippen LogP contribution in [0.1, 0.15) is 0 Å². The molecule has 0 bridgehead atoms. The minimum atomic E-state index is 0. The molecule has 0 rings (SSSR count). The van der Waals surface area contributed by atoms with E-state index in [9.17, 15) is 0 Å². The van der Waals surface area contributed by atoms with Crippen molar-refractivity contribution in [3.63, 3.8) is 0 Å². The summed E-state index contributed by atoms with van der Waals surface area (Å²) >= 11 is 9.53. The van der Waals surface area contributed by atoms with Crippen molar-refractivity contribution in [1.82, 2.24) is 0 Å². The summed E-state index contributed by atoms with van der Waals surface area (Å²) in [7, 11) is 0. The molecule has 0 aliphatic carbocycles. The smallest absolute Gasteiger partial charge is 1.00 e. The van der Waals surface area contributed by atoms with Crippen LogP contribution in [0.2, 0.25) is 0 Å². The third-order valence-electron chi connectivity index (χ3n) is 0. The van der Waals surface area contributed by atoms with Crippen molar-refractivity contribution in [2.45, 2.75) is 0 Å². The van der Waals surface area contributed by atoms with Gasteiger partial charge in [-0.3, -0.25) is 0 Å². The average Bonchev–Trinajstić information content (AvgIpc) is 0.918. The normalized spacial score (nSPS) is 3.60. The molecule has 0 atom stereocenters. The summed E-state index contributed by atoms with van der Waals surface area (Å²) in [5.41, 5.74) is 0. The number of halogens is 3. The molecule has 0 nitrogen and oxygen atoms in total. The van der Waals surface area contributed by atoms with Crippen molar-refractivity contribution < 1.29 is 34.1 Å². The van der Waals surface area contributed by atoms with E-state index in [-0.39, 0.29) is 39.5 Å². The molecule has 0 spiro atoms. The van der Waals surface area contributed by atoms with Crippen molar-refractivity contribution in [2.75, 3.05) is 5.34 Å². The fourth-order valence-electron chi connectivity index (χ4n) is 0. The maximum Gasteiger partial charge on any atom is 4.00 e. The van der Waals surface area contributed by atoms with Gasteiger partial charge in [0.25, 0.3) is 0 Å². The second-order valence-electron chi connectivity index (χ2n) is 0.101. The molecule has 0 amide bonds. The van der Waals surface area contributed by atoms with Gasteiger partial charge in [0.15, 0.2) is 0 Å². The largest absolute Gasteiger partial charge is 4.00 e. The zero-order chi connectivity index (χ0) is 2.71. The van der Waals surface area contributed by atoms with Gasteiger partial charge in [0, 0.05) is 0 Å². The van der Waals surface area contributed by atoms with E-state index >= 15 is 0 Å². The SMILES string of the molecule is ClCCl.[Cl-].[Ti+4]. The van der Waals surface area contributed by atoms with Gasteiger partial charge < -0.3 is 12.4 Å². The van der Waals surface area contributed by atoms with Gasteiger partial charge in [-0.15, -0.1) is 23.2 Å². The Kier molecular flexibility index (Phi) is 56.2. The van der Waals surface area contributed by atoms with Gasteiger partial charge in [-0.05, 0) is 0 Å². The summed E-state index contributed by atoms with van der Waals surface area (Å²) < 4.78 is 0. The zero-order valence-corrected chi connectivity index (χ0v) is 6.17. The van der Waals surface area contributed by atoms with Gasteiger partial charge in [0.1, 0.15) is 0 Å². The minimum Gasteiger partial charge on any atom is -1.00 e. The Balaban J connectivity index is -0.0000000200. The van der Waals surface area contributed by atoms with Crippen LogP contribution < -0.4 is 12.4 Å². The molecule has 0 aliphatic heterocycles. The van der Waals surface area contributed by atoms with E-state index in [1.165, 1.54) is 0 Å². The molecule has 4 heteroatoms. The van der Waals surface area contributed by atoms with Gasteiger partial charge in [-0.1, -0.05) is 0 Å². The van der Waals surface area contributed by atoms with Crippen molar-refractivity contribution >= 4 is 23.2 Å². The Labute approximate surface area is 62.5 Å². The fourth-order valence-corrected chi connectivity index (χ4v) is 0. The summed E-state index contributed by atoms with van der Waals surface area (Å²) in [6.07, 6.45) is 0. The molecule has 5 heavy (non-hydrogen) atoms. The molecule has 0 aromatic heterocycles. The third kappa shape index (κ3) is 28.6. The molecule has 0 fully saturated rings. The molecule has 28 valence electrons. The number of hydrogen-bond acceptors (Lipinski definition) is 0. The molecular formula is CH2Cl3Ti+3.